The van der Waals surface area contributed by atoms with E-state index in [0.717, 1.165) is 34.8 Å². The highest BCUT2D eigenvalue weighted by Gasteiger charge is 2.18. The number of piperidine rings is 1. The molecule has 1 heterocycles. The standard InChI is InChI=1S/C16H22BrClN2/c1-12(2)5-8-20-9-6-14(7-10-20)19-16-11-13(18)3-4-15(16)17/h3-5,11,14,19H,6-10H2,1-2H3. The summed E-state index contributed by atoms with van der Waals surface area (Å²) in [7, 11) is 0. The number of anilines is 1. The maximum absolute atomic E-state index is 6.05. The first kappa shape index (κ1) is 15.9. The number of allylic oxidation sites excluding steroid dienone is 1. The third-order valence-corrected chi connectivity index (χ3v) is 4.56. The lowest BCUT2D eigenvalue weighted by atomic mass is 10.0. The average Bonchev–Trinajstić information content (AvgIpc) is 2.42. The van der Waals surface area contributed by atoms with Gasteiger partial charge in [0.15, 0.2) is 0 Å². The van der Waals surface area contributed by atoms with Gasteiger partial charge in [0.05, 0.1) is 5.69 Å². The van der Waals surface area contributed by atoms with Crippen molar-refractivity contribution in [1.29, 1.82) is 0 Å². The molecular formula is C16H22BrClN2. The van der Waals surface area contributed by atoms with E-state index in [0.29, 0.717) is 6.04 Å². The molecule has 1 fully saturated rings. The number of halogens is 2. The molecule has 4 heteroatoms. The molecule has 0 saturated carbocycles. The van der Waals surface area contributed by atoms with Crippen LogP contribution in [-0.4, -0.2) is 30.6 Å². The highest BCUT2D eigenvalue weighted by molar-refractivity contribution is 9.10. The van der Waals surface area contributed by atoms with E-state index in [1.54, 1.807) is 0 Å². The van der Waals surface area contributed by atoms with Crippen molar-refractivity contribution in [3.63, 3.8) is 0 Å². The Kier molecular flexibility index (Phi) is 5.94. The number of hydrogen-bond acceptors (Lipinski definition) is 2. The summed E-state index contributed by atoms with van der Waals surface area (Å²) in [5, 5.41) is 4.38. The Morgan fingerprint density at radius 1 is 1.40 bits per heavy atom. The number of hydrogen-bond donors (Lipinski definition) is 1. The number of likely N-dealkylation sites (tertiary alicyclic amines) is 1. The predicted octanol–water partition coefficient (Wildman–Crippen LogP) is 4.95. The van der Waals surface area contributed by atoms with Crippen LogP contribution in [-0.2, 0) is 0 Å². The van der Waals surface area contributed by atoms with Crippen LogP contribution in [0, 0.1) is 0 Å². The van der Waals surface area contributed by atoms with Gasteiger partial charge in [0.2, 0.25) is 0 Å². The Hall–Kier alpha value is -0.510. The van der Waals surface area contributed by atoms with Crippen LogP contribution < -0.4 is 5.32 Å². The van der Waals surface area contributed by atoms with Crippen molar-refractivity contribution in [1.82, 2.24) is 4.90 Å². The second kappa shape index (κ2) is 7.48. The molecule has 0 bridgehead atoms. The molecule has 0 atom stereocenters. The predicted molar refractivity (Wildman–Crippen MR) is 91.7 cm³/mol. The molecule has 2 nitrogen and oxygen atoms in total. The Labute approximate surface area is 135 Å². The van der Waals surface area contributed by atoms with E-state index in [1.807, 2.05) is 18.2 Å². The lowest BCUT2D eigenvalue weighted by molar-refractivity contribution is 0.240. The van der Waals surface area contributed by atoms with Gasteiger partial charge in [0.25, 0.3) is 0 Å². The topological polar surface area (TPSA) is 15.3 Å². The normalized spacial score (nSPS) is 17.0. The number of benzene rings is 1. The Morgan fingerprint density at radius 2 is 2.10 bits per heavy atom. The zero-order valence-electron chi connectivity index (χ0n) is 12.1. The lowest BCUT2D eigenvalue weighted by Gasteiger charge is -2.32. The Morgan fingerprint density at radius 3 is 2.75 bits per heavy atom. The van der Waals surface area contributed by atoms with Gasteiger partial charge in [-0.25, -0.2) is 0 Å². The van der Waals surface area contributed by atoms with Crippen LogP contribution in [0.3, 0.4) is 0 Å². The molecule has 1 saturated heterocycles. The van der Waals surface area contributed by atoms with Gasteiger partial charge in [-0.1, -0.05) is 23.3 Å². The van der Waals surface area contributed by atoms with Gasteiger partial charge in [-0.05, 0) is 60.8 Å². The molecule has 1 aliphatic rings. The quantitative estimate of drug-likeness (QED) is 0.767. The second-order valence-corrected chi connectivity index (χ2v) is 6.92. The summed E-state index contributed by atoms with van der Waals surface area (Å²) in [6, 6.07) is 6.42. The van der Waals surface area contributed by atoms with E-state index < -0.39 is 0 Å². The van der Waals surface area contributed by atoms with Gasteiger partial charge in [-0.2, -0.15) is 0 Å². The van der Waals surface area contributed by atoms with Crippen LogP contribution in [0.25, 0.3) is 0 Å². The van der Waals surface area contributed by atoms with Crippen LogP contribution in [0.2, 0.25) is 5.02 Å². The maximum atomic E-state index is 6.05. The van der Waals surface area contributed by atoms with Gasteiger partial charge in [0, 0.05) is 35.2 Å². The van der Waals surface area contributed by atoms with Crippen LogP contribution in [0.1, 0.15) is 26.7 Å². The van der Waals surface area contributed by atoms with Crippen LogP contribution in [0.15, 0.2) is 34.3 Å². The molecule has 20 heavy (non-hydrogen) atoms. The Balaban J connectivity index is 1.85. The van der Waals surface area contributed by atoms with E-state index in [-0.39, 0.29) is 0 Å². The van der Waals surface area contributed by atoms with Crippen molar-refractivity contribution in [2.24, 2.45) is 0 Å². The molecule has 110 valence electrons. The minimum Gasteiger partial charge on any atom is -0.381 e. The molecule has 0 spiro atoms. The fraction of sp³-hybridized carbons (Fsp3) is 0.500. The summed E-state index contributed by atoms with van der Waals surface area (Å²) in [5.74, 6) is 0. The monoisotopic (exact) mass is 356 g/mol. The molecule has 0 radical (unpaired) electrons. The van der Waals surface area contributed by atoms with Crippen LogP contribution in [0.4, 0.5) is 5.69 Å². The Bertz CT molecular complexity index is 475. The molecule has 1 aromatic rings. The van der Waals surface area contributed by atoms with Gasteiger partial charge in [-0.15, -0.1) is 0 Å². The number of nitrogens with one attached hydrogen (secondary N) is 1. The lowest BCUT2D eigenvalue weighted by Crippen LogP contribution is -2.39. The van der Waals surface area contributed by atoms with E-state index in [1.165, 1.54) is 18.4 Å². The van der Waals surface area contributed by atoms with Crippen molar-refractivity contribution < 1.29 is 0 Å². The highest BCUT2D eigenvalue weighted by atomic mass is 79.9. The smallest absolute Gasteiger partial charge is 0.0501 e. The summed E-state index contributed by atoms with van der Waals surface area (Å²) >= 11 is 9.62. The third kappa shape index (κ3) is 4.80. The van der Waals surface area contributed by atoms with Gasteiger partial charge in [0.1, 0.15) is 0 Å². The average molecular weight is 358 g/mol. The SMILES string of the molecule is CC(C)=CCN1CCC(Nc2cc(Cl)ccc2Br)CC1. The summed E-state index contributed by atoms with van der Waals surface area (Å²) in [6.07, 6.45) is 4.66. The van der Waals surface area contributed by atoms with Crippen molar-refractivity contribution in [2.75, 3.05) is 25.0 Å². The van der Waals surface area contributed by atoms with Crippen molar-refractivity contribution in [3.05, 3.63) is 39.3 Å². The molecule has 0 amide bonds. The van der Waals surface area contributed by atoms with Gasteiger partial charge >= 0.3 is 0 Å². The van der Waals surface area contributed by atoms with E-state index in [9.17, 15) is 0 Å². The molecule has 2 rings (SSSR count). The van der Waals surface area contributed by atoms with E-state index >= 15 is 0 Å². The summed E-state index contributed by atoms with van der Waals surface area (Å²) in [5.41, 5.74) is 2.49. The van der Waals surface area contributed by atoms with Crippen molar-refractivity contribution in [2.45, 2.75) is 32.7 Å². The van der Waals surface area contributed by atoms with Crippen molar-refractivity contribution >= 4 is 33.2 Å². The number of nitrogens with zero attached hydrogens (tertiary/aromatic N) is 1. The zero-order chi connectivity index (χ0) is 14.5. The minimum absolute atomic E-state index is 0.535. The molecule has 0 aromatic heterocycles. The first-order valence-corrected chi connectivity index (χ1v) is 8.29. The zero-order valence-corrected chi connectivity index (χ0v) is 14.5. The maximum Gasteiger partial charge on any atom is 0.0501 e. The first-order chi connectivity index (χ1) is 9.54. The molecule has 1 aromatic carbocycles. The van der Waals surface area contributed by atoms with Crippen LogP contribution in [0.5, 0.6) is 0 Å². The second-order valence-electron chi connectivity index (χ2n) is 5.62. The molecule has 0 aliphatic carbocycles. The summed E-state index contributed by atoms with van der Waals surface area (Å²) in [6.45, 7) is 7.70. The van der Waals surface area contributed by atoms with Gasteiger partial charge in [-0.3, -0.25) is 4.90 Å². The summed E-state index contributed by atoms with van der Waals surface area (Å²) < 4.78 is 1.08. The fourth-order valence-electron chi connectivity index (χ4n) is 2.40. The van der Waals surface area contributed by atoms with E-state index in [4.69, 9.17) is 11.6 Å². The molecule has 0 unspecified atom stereocenters. The van der Waals surface area contributed by atoms with E-state index in [2.05, 4.69) is 46.1 Å². The fourth-order valence-corrected chi connectivity index (χ4v) is 2.93. The highest BCUT2D eigenvalue weighted by Crippen LogP contribution is 2.28. The van der Waals surface area contributed by atoms with Crippen molar-refractivity contribution in [3.8, 4) is 0 Å². The third-order valence-electron chi connectivity index (χ3n) is 3.63. The minimum atomic E-state index is 0.535. The molecule has 1 aliphatic heterocycles. The number of rotatable bonds is 4. The largest absolute Gasteiger partial charge is 0.381 e. The molecular weight excluding hydrogens is 336 g/mol. The van der Waals surface area contributed by atoms with Crippen LogP contribution >= 0.6 is 27.5 Å². The van der Waals surface area contributed by atoms with Gasteiger partial charge < -0.3 is 5.32 Å². The summed E-state index contributed by atoms with van der Waals surface area (Å²) in [4.78, 5) is 2.51. The molecule has 1 N–H and O–H groups in total. The first-order valence-electron chi connectivity index (χ1n) is 7.12.